The van der Waals surface area contributed by atoms with Gasteiger partial charge in [0.2, 0.25) is 0 Å². The summed E-state index contributed by atoms with van der Waals surface area (Å²) in [7, 11) is 0. The molecule has 1 aromatic carbocycles. The minimum absolute atomic E-state index is 0.279. The maximum atomic E-state index is 13.5. The molecule has 0 bridgehead atoms. The number of hydrogen-bond acceptors (Lipinski definition) is 5. The summed E-state index contributed by atoms with van der Waals surface area (Å²) >= 11 is 1.55. The molecule has 0 radical (unpaired) electrons. The fourth-order valence-corrected chi connectivity index (χ4v) is 3.89. The van der Waals surface area contributed by atoms with Gasteiger partial charge in [-0.25, -0.2) is 13.8 Å². The van der Waals surface area contributed by atoms with Crippen LogP contribution in [0, 0.1) is 11.6 Å². The van der Waals surface area contributed by atoms with E-state index in [0.717, 1.165) is 22.2 Å². The molecule has 0 aliphatic rings. The second kappa shape index (κ2) is 10.1. The molecule has 3 heterocycles. The first-order chi connectivity index (χ1) is 15.6. The second-order valence-corrected chi connectivity index (χ2v) is 8.02. The van der Waals surface area contributed by atoms with E-state index in [4.69, 9.17) is 0 Å². The second-order valence-electron chi connectivity index (χ2n) is 7.07. The van der Waals surface area contributed by atoms with Gasteiger partial charge in [-0.2, -0.15) is 0 Å². The van der Waals surface area contributed by atoms with E-state index in [1.165, 1.54) is 12.1 Å². The molecule has 5 nitrogen and oxygen atoms in total. The lowest BCUT2D eigenvalue weighted by molar-refractivity contribution is 0.0951. The van der Waals surface area contributed by atoms with Gasteiger partial charge in [-0.15, -0.1) is 11.3 Å². The average Bonchev–Trinajstić information content (AvgIpc) is 3.32. The van der Waals surface area contributed by atoms with Gasteiger partial charge in [0.15, 0.2) is 0 Å². The highest BCUT2D eigenvalue weighted by atomic mass is 32.1. The molecule has 0 aliphatic carbocycles. The quantitative estimate of drug-likeness (QED) is 0.393. The summed E-state index contributed by atoms with van der Waals surface area (Å²) < 4.78 is 26.9. The summed E-state index contributed by atoms with van der Waals surface area (Å²) in [5.41, 5.74) is 2.53. The topological polar surface area (TPSA) is 66.9 Å². The summed E-state index contributed by atoms with van der Waals surface area (Å²) in [5.74, 6) is -1.10. The fraction of sp³-hybridized carbons (Fsp3) is 0.125. The Kier molecular flexibility index (Phi) is 6.81. The van der Waals surface area contributed by atoms with Gasteiger partial charge in [0.25, 0.3) is 5.91 Å². The van der Waals surface area contributed by atoms with Gasteiger partial charge in [-0.3, -0.25) is 9.78 Å². The zero-order valence-electron chi connectivity index (χ0n) is 17.0. The standard InChI is InChI=1S/C24H20F2N4OS/c25-18-11-16(12-19(26)13-18)7-9-28-23-20(5-6-21(30-23)22-4-2-10-32-22)24(31)29-15-17-3-1-8-27-14-17/h1-6,8,10-14H,7,9,15H2,(H,28,30)(H,29,31). The molecule has 0 fully saturated rings. The van der Waals surface area contributed by atoms with Gasteiger partial charge in [-0.05, 0) is 59.3 Å². The smallest absolute Gasteiger partial charge is 0.255 e. The van der Waals surface area contributed by atoms with Crippen molar-refractivity contribution in [3.63, 3.8) is 0 Å². The van der Waals surface area contributed by atoms with E-state index >= 15 is 0 Å². The number of carbonyl (C=O) groups excluding carboxylic acids is 1. The number of carbonyl (C=O) groups is 1. The Balaban J connectivity index is 1.51. The first-order valence-electron chi connectivity index (χ1n) is 9.99. The molecule has 4 aromatic rings. The molecule has 3 aromatic heterocycles. The number of nitrogens with zero attached hydrogens (tertiary/aromatic N) is 2. The van der Waals surface area contributed by atoms with Crippen LogP contribution < -0.4 is 10.6 Å². The number of nitrogens with one attached hydrogen (secondary N) is 2. The largest absolute Gasteiger partial charge is 0.369 e. The summed E-state index contributed by atoms with van der Waals surface area (Å²) in [6, 6.07) is 14.5. The highest BCUT2D eigenvalue weighted by Crippen LogP contribution is 2.26. The number of amides is 1. The first-order valence-corrected chi connectivity index (χ1v) is 10.9. The average molecular weight is 451 g/mol. The summed E-state index contributed by atoms with van der Waals surface area (Å²) in [5, 5.41) is 7.99. The molecular weight excluding hydrogens is 430 g/mol. The van der Waals surface area contributed by atoms with E-state index in [9.17, 15) is 13.6 Å². The predicted octanol–water partition coefficient (Wildman–Crippen LogP) is 5.07. The molecule has 0 saturated heterocycles. The maximum Gasteiger partial charge on any atom is 0.255 e. The Morgan fingerprint density at radius 2 is 1.84 bits per heavy atom. The minimum atomic E-state index is -0.617. The zero-order chi connectivity index (χ0) is 22.3. The van der Waals surface area contributed by atoms with Crippen LogP contribution in [0.1, 0.15) is 21.5 Å². The van der Waals surface area contributed by atoms with Crippen molar-refractivity contribution in [1.29, 1.82) is 0 Å². The maximum absolute atomic E-state index is 13.5. The van der Waals surface area contributed by atoms with Crippen LogP contribution in [0.15, 0.2) is 72.4 Å². The number of aromatic nitrogens is 2. The molecule has 0 atom stereocenters. The number of anilines is 1. The van der Waals surface area contributed by atoms with Crippen molar-refractivity contribution in [1.82, 2.24) is 15.3 Å². The third-order valence-corrected chi connectivity index (χ3v) is 5.61. The molecular formula is C24H20F2N4OS. The number of hydrogen-bond donors (Lipinski definition) is 2. The van der Waals surface area contributed by atoms with Crippen LogP contribution in [0.5, 0.6) is 0 Å². The van der Waals surface area contributed by atoms with Crippen LogP contribution >= 0.6 is 11.3 Å². The highest BCUT2D eigenvalue weighted by molar-refractivity contribution is 7.13. The Morgan fingerprint density at radius 1 is 1.00 bits per heavy atom. The van der Waals surface area contributed by atoms with E-state index in [0.29, 0.717) is 36.5 Å². The van der Waals surface area contributed by atoms with Crippen molar-refractivity contribution in [2.24, 2.45) is 0 Å². The molecule has 0 unspecified atom stereocenters. The number of thiophene rings is 1. The van der Waals surface area contributed by atoms with Crippen molar-refractivity contribution < 1.29 is 13.6 Å². The monoisotopic (exact) mass is 450 g/mol. The van der Waals surface area contributed by atoms with E-state index in [1.807, 2.05) is 23.6 Å². The van der Waals surface area contributed by atoms with Crippen molar-refractivity contribution in [2.45, 2.75) is 13.0 Å². The van der Waals surface area contributed by atoms with Gasteiger partial charge in [0.05, 0.1) is 16.1 Å². The number of pyridine rings is 2. The van der Waals surface area contributed by atoms with Crippen LogP contribution in [0.25, 0.3) is 10.6 Å². The van der Waals surface area contributed by atoms with Crippen LogP contribution in [-0.4, -0.2) is 22.4 Å². The lowest BCUT2D eigenvalue weighted by Crippen LogP contribution is -2.24. The van der Waals surface area contributed by atoms with Gasteiger partial charge in [-0.1, -0.05) is 12.1 Å². The van der Waals surface area contributed by atoms with Crippen LogP contribution in [0.4, 0.5) is 14.6 Å². The highest BCUT2D eigenvalue weighted by Gasteiger charge is 2.15. The fourth-order valence-electron chi connectivity index (χ4n) is 3.20. The van der Waals surface area contributed by atoms with Crippen molar-refractivity contribution >= 4 is 23.1 Å². The third kappa shape index (κ3) is 5.53. The number of halogens is 2. The molecule has 4 rings (SSSR count). The lowest BCUT2D eigenvalue weighted by Gasteiger charge is -2.13. The van der Waals surface area contributed by atoms with Crippen molar-refractivity contribution in [3.8, 4) is 10.6 Å². The third-order valence-electron chi connectivity index (χ3n) is 4.72. The number of benzene rings is 1. The Morgan fingerprint density at radius 3 is 2.56 bits per heavy atom. The molecule has 0 aliphatic heterocycles. The van der Waals surface area contributed by atoms with Gasteiger partial charge in [0.1, 0.15) is 17.5 Å². The van der Waals surface area contributed by atoms with E-state index in [-0.39, 0.29) is 5.91 Å². The van der Waals surface area contributed by atoms with Crippen LogP contribution in [0.2, 0.25) is 0 Å². The Bertz CT molecular complexity index is 1180. The number of rotatable bonds is 8. The predicted molar refractivity (Wildman–Crippen MR) is 122 cm³/mol. The first kappa shape index (κ1) is 21.6. The van der Waals surface area contributed by atoms with Gasteiger partial charge < -0.3 is 10.6 Å². The zero-order valence-corrected chi connectivity index (χ0v) is 17.8. The molecule has 0 saturated carbocycles. The lowest BCUT2D eigenvalue weighted by atomic mass is 10.1. The summed E-state index contributed by atoms with van der Waals surface area (Å²) in [6.45, 7) is 0.689. The summed E-state index contributed by atoms with van der Waals surface area (Å²) in [4.78, 5) is 22.5. The van der Waals surface area contributed by atoms with E-state index < -0.39 is 11.6 Å². The van der Waals surface area contributed by atoms with Crippen molar-refractivity contribution in [3.05, 3.63) is 101 Å². The van der Waals surface area contributed by atoms with Crippen LogP contribution in [-0.2, 0) is 13.0 Å². The van der Waals surface area contributed by atoms with Crippen molar-refractivity contribution in [2.75, 3.05) is 11.9 Å². The normalized spacial score (nSPS) is 10.7. The van der Waals surface area contributed by atoms with Gasteiger partial charge >= 0.3 is 0 Å². The Labute approximate surface area is 188 Å². The van der Waals surface area contributed by atoms with E-state index in [2.05, 4.69) is 20.6 Å². The molecule has 162 valence electrons. The molecule has 8 heteroatoms. The molecule has 32 heavy (non-hydrogen) atoms. The minimum Gasteiger partial charge on any atom is -0.369 e. The Hall–Kier alpha value is -3.65. The molecule has 1 amide bonds. The summed E-state index contributed by atoms with van der Waals surface area (Å²) in [6.07, 6.45) is 3.73. The van der Waals surface area contributed by atoms with Crippen LogP contribution in [0.3, 0.4) is 0 Å². The van der Waals surface area contributed by atoms with E-state index in [1.54, 1.807) is 41.9 Å². The SMILES string of the molecule is O=C(NCc1cccnc1)c1ccc(-c2cccs2)nc1NCCc1cc(F)cc(F)c1. The van der Waals surface area contributed by atoms with Gasteiger partial charge in [0, 0.05) is 31.5 Å². The molecule has 2 N–H and O–H groups in total. The molecule has 0 spiro atoms.